The van der Waals surface area contributed by atoms with Gasteiger partial charge >= 0.3 is 6.09 Å². The number of ether oxygens (including phenoxy) is 2. The Kier molecular flexibility index (Phi) is 4.28. The largest absolute Gasteiger partial charge is 0.444 e. The predicted molar refractivity (Wildman–Crippen MR) is 91.5 cm³/mol. The highest BCUT2D eigenvalue weighted by molar-refractivity contribution is 5.68. The molecule has 3 aliphatic heterocycles. The molecule has 0 radical (unpaired) electrons. The van der Waals surface area contributed by atoms with Crippen molar-refractivity contribution >= 4 is 6.09 Å². The van der Waals surface area contributed by atoms with E-state index in [4.69, 9.17) is 9.47 Å². The van der Waals surface area contributed by atoms with Crippen LogP contribution in [0.4, 0.5) is 4.79 Å². The van der Waals surface area contributed by atoms with Crippen LogP contribution >= 0.6 is 0 Å². The van der Waals surface area contributed by atoms with Crippen molar-refractivity contribution in [2.45, 2.75) is 70.8 Å². The number of epoxide rings is 1. The molecule has 6 unspecified atom stereocenters. The minimum absolute atomic E-state index is 0.138. The molecule has 5 nitrogen and oxygen atoms in total. The molecule has 1 saturated carbocycles. The average Bonchev–Trinajstić information content (AvgIpc) is 3.18. The second-order valence-corrected chi connectivity index (χ2v) is 9.20. The summed E-state index contributed by atoms with van der Waals surface area (Å²) in [6.45, 7) is 8.48. The smallest absolute Gasteiger partial charge is 0.410 e. The fourth-order valence-corrected chi connectivity index (χ4v) is 5.26. The molecule has 3 saturated heterocycles. The molecule has 5 heteroatoms. The highest BCUT2D eigenvalue weighted by atomic mass is 16.6. The minimum atomic E-state index is -0.419. The zero-order valence-electron chi connectivity index (χ0n) is 15.3. The maximum Gasteiger partial charge on any atom is 0.410 e. The van der Waals surface area contributed by atoms with Crippen LogP contribution in [-0.4, -0.2) is 48.6 Å². The first kappa shape index (κ1) is 16.6. The topological polar surface area (TPSA) is 54.1 Å². The third-order valence-electron chi connectivity index (χ3n) is 6.35. The van der Waals surface area contributed by atoms with Crippen LogP contribution in [0.1, 0.15) is 52.9 Å². The summed E-state index contributed by atoms with van der Waals surface area (Å²) in [6.07, 6.45) is 7.18. The molecule has 3 heterocycles. The molecule has 0 bridgehead atoms. The number of hydrogen-bond acceptors (Lipinski definition) is 4. The first-order valence-electron chi connectivity index (χ1n) is 9.79. The zero-order chi connectivity index (χ0) is 16.9. The molecule has 24 heavy (non-hydrogen) atoms. The lowest BCUT2D eigenvalue weighted by atomic mass is 9.72. The van der Waals surface area contributed by atoms with Crippen LogP contribution in [0.25, 0.3) is 0 Å². The van der Waals surface area contributed by atoms with Crippen molar-refractivity contribution in [3.8, 4) is 0 Å². The number of hydrogen-bond donors (Lipinski definition) is 1. The number of amides is 1. The molecular weight excluding hydrogens is 304 g/mol. The number of carbonyl (C=O) groups excluding carboxylic acids is 1. The first-order chi connectivity index (χ1) is 11.4. The van der Waals surface area contributed by atoms with Crippen LogP contribution < -0.4 is 5.32 Å². The molecule has 0 spiro atoms. The fourth-order valence-electron chi connectivity index (χ4n) is 5.26. The Hall–Kier alpha value is -0.810. The van der Waals surface area contributed by atoms with Gasteiger partial charge in [0, 0.05) is 19.6 Å². The van der Waals surface area contributed by atoms with E-state index in [-0.39, 0.29) is 12.3 Å². The summed E-state index contributed by atoms with van der Waals surface area (Å²) in [5, 5.41) is 3.59. The van der Waals surface area contributed by atoms with Crippen LogP contribution in [0.5, 0.6) is 0 Å². The van der Waals surface area contributed by atoms with Crippen molar-refractivity contribution in [3.63, 3.8) is 0 Å². The lowest BCUT2D eigenvalue weighted by Crippen LogP contribution is -2.41. The Morgan fingerprint density at radius 3 is 2.58 bits per heavy atom. The van der Waals surface area contributed by atoms with Crippen LogP contribution in [-0.2, 0) is 9.47 Å². The summed E-state index contributed by atoms with van der Waals surface area (Å²) in [5.41, 5.74) is -0.419. The number of likely N-dealkylation sites (tertiary alicyclic amines) is 1. The SMILES string of the molecule is CC(C)(C)OC(=O)N1CC2CNC3OC3C3CCCCCC3C2C1. The number of carbonyl (C=O) groups is 1. The Balaban J connectivity index is 1.50. The Bertz CT molecular complexity index is 489. The third kappa shape index (κ3) is 3.30. The van der Waals surface area contributed by atoms with E-state index in [1.807, 2.05) is 25.7 Å². The van der Waals surface area contributed by atoms with E-state index in [9.17, 15) is 4.79 Å². The van der Waals surface area contributed by atoms with Gasteiger partial charge in [-0.25, -0.2) is 4.79 Å². The number of nitrogens with zero attached hydrogens (tertiary/aromatic N) is 1. The molecule has 1 N–H and O–H groups in total. The van der Waals surface area contributed by atoms with E-state index in [0.717, 1.165) is 19.6 Å². The van der Waals surface area contributed by atoms with Gasteiger partial charge in [0.1, 0.15) is 17.9 Å². The van der Waals surface area contributed by atoms with E-state index in [0.29, 0.717) is 29.8 Å². The van der Waals surface area contributed by atoms with Crippen LogP contribution in [0, 0.1) is 23.7 Å². The molecule has 0 aromatic carbocycles. The van der Waals surface area contributed by atoms with E-state index in [2.05, 4.69) is 5.32 Å². The van der Waals surface area contributed by atoms with E-state index in [1.54, 1.807) is 0 Å². The van der Waals surface area contributed by atoms with Crippen molar-refractivity contribution < 1.29 is 14.3 Å². The van der Waals surface area contributed by atoms with Gasteiger partial charge in [-0.3, -0.25) is 5.32 Å². The zero-order valence-corrected chi connectivity index (χ0v) is 15.3. The second-order valence-electron chi connectivity index (χ2n) is 9.20. The van der Waals surface area contributed by atoms with Gasteiger partial charge in [0.05, 0.1) is 0 Å². The molecular formula is C19H32N2O3. The summed E-state index contributed by atoms with van der Waals surface area (Å²) in [6, 6.07) is 0. The summed E-state index contributed by atoms with van der Waals surface area (Å²) in [7, 11) is 0. The second kappa shape index (κ2) is 6.17. The summed E-state index contributed by atoms with van der Waals surface area (Å²) in [4.78, 5) is 14.5. The highest BCUT2D eigenvalue weighted by Crippen LogP contribution is 2.48. The lowest BCUT2D eigenvalue weighted by Gasteiger charge is -2.34. The molecule has 136 valence electrons. The van der Waals surface area contributed by atoms with Crippen molar-refractivity contribution in [2.24, 2.45) is 23.7 Å². The summed E-state index contributed by atoms with van der Waals surface area (Å²) >= 11 is 0. The average molecular weight is 336 g/mol. The van der Waals surface area contributed by atoms with Gasteiger partial charge < -0.3 is 14.4 Å². The maximum atomic E-state index is 12.5. The van der Waals surface area contributed by atoms with E-state index in [1.165, 1.54) is 32.1 Å². The standard InChI is InChI=1S/C19H32N2O3/c1-19(2,3)24-18(22)21-10-12-9-20-17-16(23-17)14-8-6-4-5-7-13(14)15(12)11-21/h12-17,20H,4-11H2,1-3H3. The van der Waals surface area contributed by atoms with E-state index >= 15 is 0 Å². The molecule has 1 aliphatic carbocycles. The van der Waals surface area contributed by atoms with Gasteiger partial charge in [-0.15, -0.1) is 0 Å². The van der Waals surface area contributed by atoms with Gasteiger partial charge in [-0.2, -0.15) is 0 Å². The van der Waals surface area contributed by atoms with Crippen LogP contribution in [0.3, 0.4) is 0 Å². The third-order valence-corrected chi connectivity index (χ3v) is 6.35. The molecule has 6 atom stereocenters. The van der Waals surface area contributed by atoms with Crippen LogP contribution in [0.2, 0.25) is 0 Å². The highest BCUT2D eigenvalue weighted by Gasteiger charge is 2.54. The Morgan fingerprint density at radius 2 is 1.83 bits per heavy atom. The van der Waals surface area contributed by atoms with Crippen molar-refractivity contribution in [1.29, 1.82) is 0 Å². The lowest BCUT2D eigenvalue weighted by molar-refractivity contribution is 0.0276. The van der Waals surface area contributed by atoms with Crippen LogP contribution in [0.15, 0.2) is 0 Å². The summed E-state index contributed by atoms with van der Waals surface area (Å²) < 4.78 is 11.6. The molecule has 1 amide bonds. The molecule has 4 fully saturated rings. The monoisotopic (exact) mass is 336 g/mol. The quantitative estimate of drug-likeness (QED) is 0.691. The number of fused-ring (bicyclic) bond motifs is 5. The maximum absolute atomic E-state index is 12.5. The molecule has 0 aromatic rings. The molecule has 4 aliphatic rings. The number of nitrogens with one attached hydrogen (secondary N) is 1. The van der Waals surface area contributed by atoms with Gasteiger partial charge in [0.15, 0.2) is 0 Å². The van der Waals surface area contributed by atoms with Crippen molar-refractivity contribution in [3.05, 3.63) is 0 Å². The van der Waals surface area contributed by atoms with E-state index < -0.39 is 5.60 Å². The van der Waals surface area contributed by atoms with Crippen molar-refractivity contribution in [1.82, 2.24) is 10.2 Å². The van der Waals surface area contributed by atoms with Gasteiger partial charge in [0.2, 0.25) is 0 Å². The van der Waals surface area contributed by atoms with Gasteiger partial charge in [-0.1, -0.05) is 19.3 Å². The predicted octanol–water partition coefficient (Wildman–Crippen LogP) is 2.99. The minimum Gasteiger partial charge on any atom is -0.444 e. The normalized spacial score (nSPS) is 42.0. The Morgan fingerprint density at radius 1 is 1.08 bits per heavy atom. The molecule has 0 aromatic heterocycles. The van der Waals surface area contributed by atoms with Gasteiger partial charge in [-0.05, 0) is 57.3 Å². The fraction of sp³-hybridized carbons (Fsp3) is 0.947. The van der Waals surface area contributed by atoms with Gasteiger partial charge in [0.25, 0.3) is 0 Å². The first-order valence-corrected chi connectivity index (χ1v) is 9.79. The Labute approximate surface area is 145 Å². The molecule has 4 rings (SSSR count). The summed E-state index contributed by atoms with van der Waals surface area (Å²) in [5.74, 6) is 2.52. The number of rotatable bonds is 0. The van der Waals surface area contributed by atoms with Crippen molar-refractivity contribution in [2.75, 3.05) is 19.6 Å².